The van der Waals surface area contributed by atoms with Crippen molar-refractivity contribution in [1.82, 2.24) is 0 Å². The van der Waals surface area contributed by atoms with E-state index in [0.29, 0.717) is 10.9 Å². The fourth-order valence-electron chi connectivity index (χ4n) is 0.269. The molecule has 0 aromatic carbocycles. The Bertz CT molecular complexity index is 126. The minimum atomic E-state index is -0.607. The van der Waals surface area contributed by atoms with Crippen molar-refractivity contribution in [2.45, 2.75) is 13.8 Å². The average Bonchev–Trinajstić information content (AvgIpc) is 1.94. The Morgan fingerprint density at radius 3 is 2.00 bits per heavy atom. The molecule has 0 atom stereocenters. The summed E-state index contributed by atoms with van der Waals surface area (Å²) in [4.78, 5) is 10.2. The van der Waals surface area contributed by atoms with E-state index >= 15 is 0 Å². The molecule has 0 aliphatic rings. The fraction of sp³-hybridized carbons (Fsp3) is 0.429. The molecule has 4 heteroatoms. The Morgan fingerprint density at radius 1 is 1.64 bits per heavy atom. The van der Waals surface area contributed by atoms with E-state index in [4.69, 9.17) is 5.73 Å². The predicted octanol–water partition coefficient (Wildman–Crippen LogP) is 2.74. The number of hydrogen-bond donors (Lipinski definition) is 0. The van der Waals surface area contributed by atoms with Crippen LogP contribution in [0.4, 0.5) is 0 Å². The third-order valence-corrected chi connectivity index (χ3v) is 1.39. The summed E-state index contributed by atoms with van der Waals surface area (Å²) < 4.78 is 0. The molecule has 0 aliphatic carbocycles. The topological polar surface area (TPSA) is 40.9 Å². The number of alkyl halides is 1. The summed E-state index contributed by atoms with van der Waals surface area (Å²) in [6, 6.07) is 0. The largest absolute Gasteiger partial charge is 0.664 e. The van der Waals surface area contributed by atoms with Crippen LogP contribution in [0.15, 0.2) is 11.6 Å². The van der Waals surface area contributed by atoms with Crippen molar-refractivity contribution in [3.05, 3.63) is 24.3 Å². The van der Waals surface area contributed by atoms with Gasteiger partial charge >= 0.3 is 0 Å². The molecule has 0 aliphatic heterocycles. The molecule has 0 rings (SSSR count). The van der Waals surface area contributed by atoms with Gasteiger partial charge in [0.2, 0.25) is 0 Å². The zero-order valence-corrected chi connectivity index (χ0v) is 11.3. The molecule has 0 saturated heterocycles. The minimum Gasteiger partial charge on any atom is -0.664 e. The first-order valence-electron chi connectivity index (χ1n) is 2.90. The summed E-state index contributed by atoms with van der Waals surface area (Å²) >= 11 is 3.07. The summed E-state index contributed by atoms with van der Waals surface area (Å²) in [5.74, 6) is -0.607. The van der Waals surface area contributed by atoms with E-state index in [2.05, 4.69) is 22.9 Å². The Balaban J connectivity index is -0.000000196. The molecule has 2 nitrogen and oxygen atoms in total. The number of halogens is 1. The maximum Gasteiger partial charge on any atom is 0.0760 e. The van der Waals surface area contributed by atoms with E-state index < -0.39 is 5.91 Å². The molecule has 11 heavy (non-hydrogen) atoms. The van der Waals surface area contributed by atoms with E-state index in [-0.39, 0.29) is 32.7 Å². The molecule has 0 saturated carbocycles. The van der Waals surface area contributed by atoms with E-state index in [1.54, 1.807) is 19.9 Å². The normalized spacial score (nSPS) is 8.91. The molecule has 0 unspecified atom stereocenters. The van der Waals surface area contributed by atoms with Crippen molar-refractivity contribution in [2.75, 3.05) is 5.33 Å². The quantitative estimate of drug-likeness (QED) is 0.439. The predicted molar refractivity (Wildman–Crippen MR) is 47.9 cm³/mol. The third-order valence-electron chi connectivity index (χ3n) is 0.784. The standard InChI is InChI=1S/C5H8BrNO.C2H5.Y/c1-2-4(3-6)5(7)8;1-2;/h2H,3H2,1H3,(H2,7,8);1H2,2H3;/q;-1;/p-1/b4-2+;;. The van der Waals surface area contributed by atoms with E-state index in [9.17, 15) is 4.79 Å². The maximum absolute atomic E-state index is 10.2. The molecule has 0 aromatic rings. The summed E-state index contributed by atoms with van der Waals surface area (Å²) in [6.07, 6.45) is 1.63. The Morgan fingerprint density at radius 2 is 2.00 bits per heavy atom. The SMILES string of the molecule is C/C=C(\CBr)C([NH-])=O.[CH2-]C.[Y]. The first-order valence-corrected chi connectivity index (χ1v) is 4.02. The van der Waals surface area contributed by atoms with Gasteiger partial charge in [-0.15, -0.1) is 0 Å². The van der Waals surface area contributed by atoms with Crippen LogP contribution < -0.4 is 0 Å². The van der Waals surface area contributed by atoms with Crippen molar-refractivity contribution >= 4 is 21.8 Å². The Kier molecular flexibility index (Phi) is 21.6. The Labute approximate surface area is 102 Å². The van der Waals surface area contributed by atoms with Crippen LogP contribution in [0.25, 0.3) is 5.73 Å². The first-order chi connectivity index (χ1) is 4.72. The molecule has 1 radical (unpaired) electrons. The van der Waals surface area contributed by atoms with Crippen molar-refractivity contribution in [2.24, 2.45) is 0 Å². The van der Waals surface area contributed by atoms with Gasteiger partial charge in [-0.25, -0.2) is 0 Å². The molecular formula is C7H12BrNOY-2. The molecule has 0 fully saturated rings. The van der Waals surface area contributed by atoms with Gasteiger partial charge in [-0.3, -0.25) is 0 Å². The minimum absolute atomic E-state index is 0. The van der Waals surface area contributed by atoms with Gasteiger partial charge < -0.3 is 17.5 Å². The summed E-state index contributed by atoms with van der Waals surface area (Å²) in [5.41, 5.74) is 7.10. The van der Waals surface area contributed by atoms with Crippen LogP contribution in [-0.2, 0) is 37.5 Å². The van der Waals surface area contributed by atoms with Crippen LogP contribution in [0.2, 0.25) is 0 Å². The van der Waals surface area contributed by atoms with Crippen LogP contribution in [0.5, 0.6) is 0 Å². The summed E-state index contributed by atoms with van der Waals surface area (Å²) in [6.45, 7) is 6.74. The second kappa shape index (κ2) is 13.4. The van der Waals surface area contributed by atoms with Gasteiger partial charge in [-0.2, -0.15) is 6.92 Å². The van der Waals surface area contributed by atoms with Gasteiger partial charge in [0.1, 0.15) is 0 Å². The molecule has 0 heterocycles. The van der Waals surface area contributed by atoms with Crippen molar-refractivity contribution in [1.29, 1.82) is 0 Å². The zero-order valence-electron chi connectivity index (χ0n) is 6.86. The van der Waals surface area contributed by atoms with Gasteiger partial charge in [-0.05, 0) is 12.5 Å². The molecule has 1 N–H and O–H groups in total. The number of allylic oxidation sites excluding steroid dienone is 1. The number of rotatable bonds is 2. The third kappa shape index (κ3) is 10.8. The number of nitrogens with one attached hydrogen (secondary N) is 1. The van der Waals surface area contributed by atoms with Gasteiger partial charge in [0.15, 0.2) is 0 Å². The number of hydrogen-bond acceptors (Lipinski definition) is 1. The molecule has 0 aromatic heterocycles. The van der Waals surface area contributed by atoms with Gasteiger partial charge in [0.05, 0.1) is 5.91 Å². The van der Waals surface area contributed by atoms with E-state index in [1.807, 2.05) is 0 Å². The second-order valence-corrected chi connectivity index (χ2v) is 1.84. The molecule has 0 bridgehead atoms. The fourth-order valence-corrected chi connectivity index (χ4v) is 0.847. The van der Waals surface area contributed by atoms with Crippen LogP contribution in [0.1, 0.15) is 13.8 Å². The second-order valence-electron chi connectivity index (χ2n) is 1.28. The van der Waals surface area contributed by atoms with Crippen molar-refractivity contribution in [3.63, 3.8) is 0 Å². The summed E-state index contributed by atoms with van der Waals surface area (Å²) in [5, 5.41) is 0.478. The Hall–Kier alpha value is 0.794. The maximum atomic E-state index is 10.2. The van der Waals surface area contributed by atoms with Crippen molar-refractivity contribution in [3.8, 4) is 0 Å². The van der Waals surface area contributed by atoms with E-state index in [1.165, 1.54) is 0 Å². The smallest absolute Gasteiger partial charge is 0.0760 e. The average molecular weight is 295 g/mol. The summed E-state index contributed by atoms with van der Waals surface area (Å²) in [7, 11) is 0. The van der Waals surface area contributed by atoms with Crippen LogP contribution in [0.3, 0.4) is 0 Å². The number of carbonyl (C=O) groups excluding carboxylic acids is 1. The molecule has 1 amide bonds. The van der Waals surface area contributed by atoms with Gasteiger partial charge in [0.25, 0.3) is 0 Å². The van der Waals surface area contributed by atoms with E-state index in [0.717, 1.165) is 0 Å². The number of carbonyl (C=O) groups is 1. The zero-order chi connectivity index (χ0) is 8.57. The van der Waals surface area contributed by atoms with Gasteiger partial charge in [0, 0.05) is 38.0 Å². The first kappa shape index (κ1) is 17.8. The van der Waals surface area contributed by atoms with Gasteiger partial charge in [-0.1, -0.05) is 22.0 Å². The molecular weight excluding hydrogens is 283 g/mol. The molecule has 63 valence electrons. The molecule has 0 spiro atoms. The van der Waals surface area contributed by atoms with Crippen molar-refractivity contribution < 1.29 is 37.5 Å². The monoisotopic (exact) mass is 294 g/mol. The van der Waals surface area contributed by atoms with Crippen LogP contribution in [-0.4, -0.2) is 11.2 Å². The van der Waals surface area contributed by atoms with Crippen LogP contribution in [0, 0.1) is 6.92 Å². The number of amides is 1. The van der Waals surface area contributed by atoms with Crippen LogP contribution >= 0.6 is 15.9 Å².